The Bertz CT molecular complexity index is 478. The van der Waals surface area contributed by atoms with Crippen molar-refractivity contribution in [1.29, 1.82) is 0 Å². The quantitative estimate of drug-likeness (QED) is 0.719. The molecule has 0 spiro atoms. The Morgan fingerprint density at radius 1 is 1.35 bits per heavy atom. The van der Waals surface area contributed by atoms with Crippen LogP contribution in [0.2, 0.25) is 5.02 Å². The minimum absolute atomic E-state index is 0.0251. The van der Waals surface area contributed by atoms with Crippen LogP contribution in [0.5, 0.6) is 5.75 Å². The Kier molecular flexibility index (Phi) is 6.83. The smallest absolute Gasteiger partial charge is 0.341 e. The molecule has 2 N–H and O–H groups in total. The van der Waals surface area contributed by atoms with Crippen LogP contribution in [0, 0.1) is 0 Å². The molecule has 0 saturated carbocycles. The number of hydrogen-bond acceptors (Lipinski definition) is 4. The number of amides is 1. The van der Waals surface area contributed by atoms with Crippen molar-refractivity contribution in [1.82, 2.24) is 0 Å². The molecule has 0 atom stereocenters. The minimum Gasteiger partial charge on any atom is -0.480 e. The monoisotopic (exact) mass is 301 g/mol. The van der Waals surface area contributed by atoms with E-state index in [4.69, 9.17) is 26.2 Å². The Morgan fingerprint density at radius 3 is 2.70 bits per heavy atom. The average molecular weight is 302 g/mol. The van der Waals surface area contributed by atoms with Gasteiger partial charge in [-0.05, 0) is 24.6 Å². The van der Waals surface area contributed by atoms with E-state index in [2.05, 4.69) is 5.32 Å². The number of anilines is 1. The van der Waals surface area contributed by atoms with Crippen LogP contribution in [0.1, 0.15) is 13.3 Å². The van der Waals surface area contributed by atoms with Gasteiger partial charge in [-0.1, -0.05) is 18.5 Å². The first-order valence-corrected chi connectivity index (χ1v) is 6.42. The first-order valence-electron chi connectivity index (χ1n) is 6.04. The number of ether oxygens (including phenoxy) is 2. The van der Waals surface area contributed by atoms with Gasteiger partial charge in [-0.25, -0.2) is 4.79 Å². The first-order chi connectivity index (χ1) is 9.52. The molecule has 1 amide bonds. The van der Waals surface area contributed by atoms with E-state index in [1.54, 1.807) is 6.07 Å². The van der Waals surface area contributed by atoms with E-state index >= 15 is 0 Å². The van der Waals surface area contributed by atoms with Crippen molar-refractivity contribution in [3.05, 3.63) is 23.2 Å². The summed E-state index contributed by atoms with van der Waals surface area (Å²) in [5.74, 6) is -1.13. The van der Waals surface area contributed by atoms with Crippen LogP contribution in [0.4, 0.5) is 5.69 Å². The first kappa shape index (κ1) is 16.3. The fraction of sp³-hybridized carbons (Fsp3) is 0.385. The molecule has 7 heteroatoms. The van der Waals surface area contributed by atoms with E-state index in [1.807, 2.05) is 6.92 Å². The van der Waals surface area contributed by atoms with Gasteiger partial charge in [0.25, 0.3) is 0 Å². The van der Waals surface area contributed by atoms with Gasteiger partial charge in [0, 0.05) is 12.3 Å². The molecule has 0 aliphatic rings. The van der Waals surface area contributed by atoms with Crippen molar-refractivity contribution in [3.63, 3.8) is 0 Å². The molecule has 0 radical (unpaired) electrons. The lowest BCUT2D eigenvalue weighted by Gasteiger charge is -2.09. The Labute approximate surface area is 121 Å². The Balaban J connectivity index is 2.54. The van der Waals surface area contributed by atoms with Crippen molar-refractivity contribution in [2.75, 3.05) is 25.1 Å². The minimum atomic E-state index is -1.09. The van der Waals surface area contributed by atoms with Crippen LogP contribution < -0.4 is 10.1 Å². The van der Waals surface area contributed by atoms with E-state index in [1.165, 1.54) is 12.1 Å². The number of carboxylic acids is 1. The molecule has 1 aromatic rings. The third kappa shape index (κ3) is 5.90. The highest BCUT2D eigenvalue weighted by molar-refractivity contribution is 6.32. The van der Waals surface area contributed by atoms with E-state index in [-0.39, 0.29) is 23.3 Å². The van der Waals surface area contributed by atoms with Gasteiger partial charge in [-0.3, -0.25) is 4.79 Å². The zero-order chi connectivity index (χ0) is 15.0. The summed E-state index contributed by atoms with van der Waals surface area (Å²) >= 11 is 5.92. The second-order valence-electron chi connectivity index (χ2n) is 3.93. The van der Waals surface area contributed by atoms with Crippen molar-refractivity contribution in [2.24, 2.45) is 0 Å². The number of carbonyl (C=O) groups excluding carboxylic acids is 1. The lowest BCUT2D eigenvalue weighted by Crippen LogP contribution is -2.18. The molecular formula is C13H16ClNO5. The van der Waals surface area contributed by atoms with Gasteiger partial charge in [0.15, 0.2) is 6.61 Å². The van der Waals surface area contributed by atoms with E-state index in [0.29, 0.717) is 12.3 Å². The highest BCUT2D eigenvalue weighted by Gasteiger charge is 2.07. The van der Waals surface area contributed by atoms with Crippen LogP contribution in [0.15, 0.2) is 18.2 Å². The predicted octanol–water partition coefficient (Wildman–Crippen LogP) is 2.17. The maximum atomic E-state index is 11.5. The predicted molar refractivity (Wildman–Crippen MR) is 74.3 cm³/mol. The average Bonchev–Trinajstić information content (AvgIpc) is 2.38. The largest absolute Gasteiger partial charge is 0.480 e. The molecule has 0 heterocycles. The number of hydrogen-bond donors (Lipinski definition) is 2. The zero-order valence-electron chi connectivity index (χ0n) is 11.0. The second kappa shape index (κ2) is 8.39. The van der Waals surface area contributed by atoms with E-state index < -0.39 is 12.6 Å². The SMILES string of the molecule is CCCOCC(=O)Nc1ccc(OCC(=O)O)c(Cl)c1. The summed E-state index contributed by atoms with van der Waals surface area (Å²) in [7, 11) is 0. The normalized spacial score (nSPS) is 10.1. The van der Waals surface area contributed by atoms with Gasteiger partial charge in [0.2, 0.25) is 5.91 Å². The topological polar surface area (TPSA) is 84.9 Å². The summed E-state index contributed by atoms with van der Waals surface area (Å²) in [6, 6.07) is 4.55. The molecule has 0 saturated heterocycles. The molecule has 0 aliphatic heterocycles. The van der Waals surface area contributed by atoms with Gasteiger partial charge in [-0.15, -0.1) is 0 Å². The van der Waals surface area contributed by atoms with Gasteiger partial charge < -0.3 is 19.9 Å². The Hall–Kier alpha value is -1.79. The van der Waals surface area contributed by atoms with Crippen molar-refractivity contribution < 1.29 is 24.2 Å². The molecule has 1 aromatic carbocycles. The molecule has 0 aromatic heterocycles. The standard InChI is InChI=1S/C13H16ClNO5/c1-2-5-19-7-12(16)15-9-3-4-11(10(14)6-9)20-8-13(17)18/h3-4,6H,2,5,7-8H2,1H3,(H,15,16)(H,17,18). The molecule has 0 unspecified atom stereocenters. The summed E-state index contributed by atoms with van der Waals surface area (Å²) in [6.07, 6.45) is 0.842. The number of carbonyl (C=O) groups is 2. The van der Waals surface area contributed by atoms with E-state index in [9.17, 15) is 9.59 Å². The molecule has 0 aliphatic carbocycles. The van der Waals surface area contributed by atoms with Crippen molar-refractivity contribution in [2.45, 2.75) is 13.3 Å². The lowest BCUT2D eigenvalue weighted by molar-refractivity contribution is -0.139. The number of carboxylic acid groups (broad SMARTS) is 1. The summed E-state index contributed by atoms with van der Waals surface area (Å²) in [4.78, 5) is 21.9. The number of benzene rings is 1. The second-order valence-corrected chi connectivity index (χ2v) is 4.34. The summed E-state index contributed by atoms with van der Waals surface area (Å²) in [6.45, 7) is 1.97. The van der Waals surface area contributed by atoms with Crippen molar-refractivity contribution in [3.8, 4) is 5.75 Å². The summed E-state index contributed by atoms with van der Waals surface area (Å²) in [5.41, 5.74) is 0.489. The van der Waals surface area contributed by atoms with Gasteiger partial charge >= 0.3 is 5.97 Å². The third-order valence-corrected chi connectivity index (χ3v) is 2.44. The Morgan fingerprint density at radius 2 is 2.10 bits per heavy atom. The van der Waals surface area contributed by atoms with Crippen LogP contribution in [-0.2, 0) is 14.3 Å². The number of aliphatic carboxylic acids is 1. The molecule has 0 bridgehead atoms. The molecule has 1 rings (SSSR count). The summed E-state index contributed by atoms with van der Waals surface area (Å²) in [5, 5.41) is 11.3. The number of rotatable bonds is 8. The maximum Gasteiger partial charge on any atom is 0.341 e. The van der Waals surface area contributed by atoms with Crippen LogP contribution in [0.3, 0.4) is 0 Å². The maximum absolute atomic E-state index is 11.5. The van der Waals surface area contributed by atoms with Crippen LogP contribution in [0.25, 0.3) is 0 Å². The molecule has 0 fully saturated rings. The molecule has 110 valence electrons. The molecular weight excluding hydrogens is 286 g/mol. The van der Waals surface area contributed by atoms with E-state index in [0.717, 1.165) is 6.42 Å². The molecule has 6 nitrogen and oxygen atoms in total. The van der Waals surface area contributed by atoms with Crippen molar-refractivity contribution >= 4 is 29.2 Å². The number of halogens is 1. The fourth-order valence-electron chi connectivity index (χ4n) is 1.34. The third-order valence-electron chi connectivity index (χ3n) is 2.15. The fourth-order valence-corrected chi connectivity index (χ4v) is 1.58. The highest BCUT2D eigenvalue weighted by Crippen LogP contribution is 2.27. The number of nitrogens with one attached hydrogen (secondary N) is 1. The van der Waals surface area contributed by atoms with Crippen LogP contribution >= 0.6 is 11.6 Å². The summed E-state index contributed by atoms with van der Waals surface area (Å²) < 4.78 is 10.1. The molecule has 20 heavy (non-hydrogen) atoms. The van der Waals surface area contributed by atoms with Gasteiger partial charge in [0.1, 0.15) is 12.4 Å². The van der Waals surface area contributed by atoms with Crippen LogP contribution in [-0.4, -0.2) is 36.8 Å². The van der Waals surface area contributed by atoms with Gasteiger partial charge in [-0.2, -0.15) is 0 Å². The zero-order valence-corrected chi connectivity index (χ0v) is 11.8. The van der Waals surface area contributed by atoms with Gasteiger partial charge in [0.05, 0.1) is 5.02 Å². The lowest BCUT2D eigenvalue weighted by atomic mass is 10.3. The highest BCUT2D eigenvalue weighted by atomic mass is 35.5.